The maximum atomic E-state index is 11.0. The molecule has 1 aliphatic carbocycles. The fourth-order valence-electron chi connectivity index (χ4n) is 2.44. The van der Waals surface area contributed by atoms with Crippen LogP contribution in [-0.4, -0.2) is 28.5 Å². The third-order valence-corrected chi connectivity index (χ3v) is 3.61. The topological polar surface area (TPSA) is 89.7 Å². The van der Waals surface area contributed by atoms with Gasteiger partial charge in [-0.25, -0.2) is 0 Å². The van der Waals surface area contributed by atoms with Crippen molar-refractivity contribution in [3.8, 4) is 5.75 Å². The van der Waals surface area contributed by atoms with Gasteiger partial charge >= 0.3 is 0 Å². The van der Waals surface area contributed by atoms with Crippen molar-refractivity contribution in [1.82, 2.24) is 0 Å². The van der Waals surface area contributed by atoms with Crippen LogP contribution in [0.3, 0.4) is 0 Å². The first-order chi connectivity index (χ1) is 9.54. The van der Waals surface area contributed by atoms with Crippen LogP contribution < -0.4 is 4.74 Å². The van der Waals surface area contributed by atoms with Crippen LogP contribution in [0.5, 0.6) is 5.75 Å². The molecule has 0 unspecified atom stereocenters. The van der Waals surface area contributed by atoms with Gasteiger partial charge in [-0.05, 0) is 18.9 Å². The fraction of sp³-hybridized carbons (Fsp3) is 0.500. The monoisotopic (exact) mass is 279 g/mol. The quantitative estimate of drug-likeness (QED) is 0.508. The standard InChI is InChI=1S/C14H17NO5/c16-9-11-8-12(15(18)19)4-5-13(11)20-10-14(17)6-2-1-3-7-14/h4-5,8-9,17H,1-3,6-7,10H2. The Morgan fingerprint density at radius 3 is 2.65 bits per heavy atom. The highest BCUT2D eigenvalue weighted by Crippen LogP contribution is 2.30. The van der Waals surface area contributed by atoms with Gasteiger partial charge in [-0.15, -0.1) is 0 Å². The minimum Gasteiger partial charge on any atom is -0.490 e. The van der Waals surface area contributed by atoms with E-state index in [0.717, 1.165) is 19.3 Å². The first-order valence-corrected chi connectivity index (χ1v) is 6.63. The summed E-state index contributed by atoms with van der Waals surface area (Å²) < 4.78 is 5.50. The Hall–Kier alpha value is -1.95. The maximum absolute atomic E-state index is 11.0. The molecule has 0 spiro atoms. The number of benzene rings is 1. The number of non-ortho nitro benzene ring substituents is 1. The van der Waals surface area contributed by atoms with E-state index in [1.807, 2.05) is 0 Å². The van der Waals surface area contributed by atoms with E-state index in [-0.39, 0.29) is 23.6 Å². The highest BCUT2D eigenvalue weighted by Gasteiger charge is 2.30. The number of nitro groups is 1. The van der Waals surface area contributed by atoms with Gasteiger partial charge in [-0.2, -0.15) is 0 Å². The molecule has 1 N–H and O–H groups in total. The lowest BCUT2D eigenvalue weighted by atomic mass is 9.85. The Bertz CT molecular complexity index is 508. The molecule has 1 aromatic carbocycles. The first kappa shape index (κ1) is 14.5. The number of nitro benzene ring substituents is 1. The molecule has 0 saturated heterocycles. The van der Waals surface area contributed by atoms with E-state index in [4.69, 9.17) is 4.74 Å². The lowest BCUT2D eigenvalue weighted by molar-refractivity contribution is -0.384. The molecule has 0 radical (unpaired) electrons. The molecule has 1 saturated carbocycles. The number of aliphatic hydroxyl groups is 1. The van der Waals surface area contributed by atoms with Crippen molar-refractivity contribution < 1.29 is 19.6 Å². The third kappa shape index (κ3) is 3.33. The number of hydrogen-bond acceptors (Lipinski definition) is 5. The Labute approximate surface area is 116 Å². The number of carbonyl (C=O) groups is 1. The van der Waals surface area contributed by atoms with Crippen LogP contribution in [0, 0.1) is 10.1 Å². The summed E-state index contributed by atoms with van der Waals surface area (Å²) in [6, 6.07) is 3.86. The average molecular weight is 279 g/mol. The molecular weight excluding hydrogens is 262 g/mol. The van der Waals surface area contributed by atoms with Crippen molar-refractivity contribution in [3.05, 3.63) is 33.9 Å². The summed E-state index contributed by atoms with van der Waals surface area (Å²) in [4.78, 5) is 21.0. The SMILES string of the molecule is O=Cc1cc([N+](=O)[O-])ccc1OCC1(O)CCCCC1. The summed E-state index contributed by atoms with van der Waals surface area (Å²) in [6.07, 6.45) is 4.90. The zero-order valence-electron chi connectivity index (χ0n) is 11.1. The smallest absolute Gasteiger partial charge is 0.270 e. The Balaban J connectivity index is 2.09. The van der Waals surface area contributed by atoms with Gasteiger partial charge in [0.2, 0.25) is 0 Å². The largest absolute Gasteiger partial charge is 0.490 e. The molecule has 6 heteroatoms. The van der Waals surface area contributed by atoms with Crippen LogP contribution in [0.15, 0.2) is 18.2 Å². The molecule has 1 aromatic rings. The second kappa shape index (κ2) is 6.00. The van der Waals surface area contributed by atoms with Gasteiger partial charge in [0.25, 0.3) is 5.69 Å². The van der Waals surface area contributed by atoms with Crippen LogP contribution in [0.25, 0.3) is 0 Å². The van der Waals surface area contributed by atoms with E-state index in [2.05, 4.69) is 0 Å². The van der Waals surface area contributed by atoms with Crippen molar-refractivity contribution in [1.29, 1.82) is 0 Å². The second-order valence-corrected chi connectivity index (χ2v) is 5.17. The molecule has 1 aliphatic rings. The van der Waals surface area contributed by atoms with Crippen LogP contribution >= 0.6 is 0 Å². The van der Waals surface area contributed by atoms with Crippen LogP contribution in [-0.2, 0) is 0 Å². The molecule has 1 fully saturated rings. The number of rotatable bonds is 5. The van der Waals surface area contributed by atoms with Gasteiger partial charge in [-0.1, -0.05) is 19.3 Å². The minimum absolute atomic E-state index is 0.103. The summed E-state index contributed by atoms with van der Waals surface area (Å²) in [5.74, 6) is 0.268. The van der Waals surface area contributed by atoms with Gasteiger partial charge in [0.1, 0.15) is 12.4 Å². The Morgan fingerprint density at radius 2 is 2.05 bits per heavy atom. The first-order valence-electron chi connectivity index (χ1n) is 6.63. The molecule has 0 aliphatic heterocycles. The average Bonchev–Trinajstić information content (AvgIpc) is 2.45. The van der Waals surface area contributed by atoms with E-state index < -0.39 is 10.5 Å². The molecule has 2 rings (SSSR count). The van der Waals surface area contributed by atoms with Crippen molar-refractivity contribution in [2.24, 2.45) is 0 Å². The molecule has 6 nitrogen and oxygen atoms in total. The third-order valence-electron chi connectivity index (χ3n) is 3.61. The normalized spacial score (nSPS) is 17.4. The predicted molar refractivity (Wildman–Crippen MR) is 72.0 cm³/mol. The van der Waals surface area contributed by atoms with Crippen molar-refractivity contribution in [2.75, 3.05) is 6.61 Å². The zero-order chi connectivity index (χ0) is 14.6. The van der Waals surface area contributed by atoms with E-state index in [1.54, 1.807) is 0 Å². The number of carbonyl (C=O) groups excluding carboxylic acids is 1. The second-order valence-electron chi connectivity index (χ2n) is 5.17. The summed E-state index contributed by atoms with van der Waals surface area (Å²) >= 11 is 0. The molecule has 0 aromatic heterocycles. The Morgan fingerprint density at radius 1 is 1.35 bits per heavy atom. The van der Waals surface area contributed by atoms with Gasteiger partial charge in [-0.3, -0.25) is 14.9 Å². The fourth-order valence-corrected chi connectivity index (χ4v) is 2.44. The molecule has 0 heterocycles. The molecule has 20 heavy (non-hydrogen) atoms. The zero-order valence-corrected chi connectivity index (χ0v) is 11.1. The highest BCUT2D eigenvalue weighted by atomic mass is 16.6. The summed E-state index contributed by atoms with van der Waals surface area (Å²) in [5, 5.41) is 21.0. The Kier molecular flexibility index (Phi) is 4.34. The molecule has 0 bridgehead atoms. The number of nitrogens with zero attached hydrogens (tertiary/aromatic N) is 1. The van der Waals surface area contributed by atoms with Crippen molar-refractivity contribution in [2.45, 2.75) is 37.7 Å². The lowest BCUT2D eigenvalue weighted by Gasteiger charge is -2.31. The summed E-state index contributed by atoms with van der Waals surface area (Å²) in [6.45, 7) is 0.103. The van der Waals surface area contributed by atoms with Crippen molar-refractivity contribution in [3.63, 3.8) is 0 Å². The summed E-state index contributed by atoms with van der Waals surface area (Å²) in [5.41, 5.74) is -0.894. The van der Waals surface area contributed by atoms with Gasteiger partial charge in [0.05, 0.1) is 16.1 Å². The number of ether oxygens (including phenoxy) is 1. The maximum Gasteiger partial charge on any atom is 0.270 e. The predicted octanol–water partition coefficient (Wildman–Crippen LogP) is 2.48. The summed E-state index contributed by atoms with van der Waals surface area (Å²) in [7, 11) is 0. The lowest BCUT2D eigenvalue weighted by Crippen LogP contribution is -2.38. The van der Waals surface area contributed by atoms with Crippen molar-refractivity contribution >= 4 is 12.0 Å². The van der Waals surface area contributed by atoms with Gasteiger partial charge < -0.3 is 9.84 Å². The van der Waals surface area contributed by atoms with Crippen LogP contribution in [0.4, 0.5) is 5.69 Å². The number of aldehydes is 1. The van der Waals surface area contributed by atoms with E-state index in [1.165, 1.54) is 18.2 Å². The van der Waals surface area contributed by atoms with Gasteiger partial charge in [0.15, 0.2) is 6.29 Å². The van der Waals surface area contributed by atoms with Crippen LogP contribution in [0.1, 0.15) is 42.5 Å². The van der Waals surface area contributed by atoms with Gasteiger partial charge in [0, 0.05) is 12.1 Å². The number of hydrogen-bond donors (Lipinski definition) is 1. The minimum atomic E-state index is -0.861. The molecule has 108 valence electrons. The molecule has 0 atom stereocenters. The van der Waals surface area contributed by atoms with E-state index >= 15 is 0 Å². The van der Waals surface area contributed by atoms with E-state index in [9.17, 15) is 20.0 Å². The van der Waals surface area contributed by atoms with Crippen LogP contribution in [0.2, 0.25) is 0 Å². The van der Waals surface area contributed by atoms with E-state index in [0.29, 0.717) is 19.1 Å². The molecule has 0 amide bonds. The molecular formula is C14H17NO5. The highest BCUT2D eigenvalue weighted by molar-refractivity contribution is 5.80.